The predicted octanol–water partition coefficient (Wildman–Crippen LogP) is 14.8. The second-order valence-electron chi connectivity index (χ2n) is 14.3. The van der Waals surface area contributed by atoms with Crippen molar-refractivity contribution < 1.29 is 89.5 Å². The molecular formula is C44H41F15O5. The molecule has 1 unspecified atom stereocenters. The highest BCUT2D eigenvalue weighted by Gasteiger charge is 2.42. The van der Waals surface area contributed by atoms with Crippen molar-refractivity contribution in [3.63, 3.8) is 0 Å². The molecule has 0 spiro atoms. The minimum Gasteiger partial charge on any atom is -0.491 e. The number of allylic oxidation sites excluding steroid dienone is 1. The van der Waals surface area contributed by atoms with Crippen LogP contribution in [-0.4, -0.2) is 19.8 Å². The van der Waals surface area contributed by atoms with Crippen LogP contribution in [0, 0.1) is 59.4 Å². The zero-order chi connectivity index (χ0) is 47.4. The fourth-order valence-electron chi connectivity index (χ4n) is 6.30. The van der Waals surface area contributed by atoms with Gasteiger partial charge in [-0.25, -0.2) is 17.6 Å². The van der Waals surface area contributed by atoms with Gasteiger partial charge in [0.15, 0.2) is 52.0 Å². The molecule has 0 N–H and O–H groups in total. The molecule has 0 aromatic heterocycles. The maximum Gasteiger partial charge on any atom is 0.429 e. The standard InChI is InChI=1S/C44H41F15O5/c1-3-60-28-20-21-32(41(53)39(28)51)64-44(58,59)27-16-19-30(38(50)36(27)48)62-23-11-7-5-9-13-25(34(46)42(54)55)12-8-4-6-10-22-61-29-18-15-26(35(47)37(29)49)43(56,57)63-31-17-14-24(2)33(45)40(31)52/h14-21,25H,3-13,22-23H2,1-2H3. The number of unbranched alkanes of at least 4 members (excludes halogenated alkanes) is 6. The van der Waals surface area contributed by atoms with Gasteiger partial charge >= 0.3 is 18.3 Å². The van der Waals surface area contributed by atoms with Gasteiger partial charge in [0.25, 0.3) is 0 Å². The van der Waals surface area contributed by atoms with Crippen LogP contribution in [0.2, 0.25) is 0 Å². The van der Waals surface area contributed by atoms with E-state index in [1.165, 1.54) is 13.8 Å². The van der Waals surface area contributed by atoms with Crippen LogP contribution >= 0.6 is 0 Å². The van der Waals surface area contributed by atoms with E-state index in [4.69, 9.17) is 14.2 Å². The third-order valence-electron chi connectivity index (χ3n) is 9.70. The summed E-state index contributed by atoms with van der Waals surface area (Å²) in [7, 11) is 0. The monoisotopic (exact) mass is 934 g/mol. The number of aryl methyl sites for hydroxylation is 1. The summed E-state index contributed by atoms with van der Waals surface area (Å²) in [5.74, 6) is -21.7. The second-order valence-corrected chi connectivity index (χ2v) is 14.3. The van der Waals surface area contributed by atoms with Crippen LogP contribution in [0.25, 0.3) is 0 Å². The SMILES string of the molecule is CCOc1ccc(OC(F)(F)c2ccc(OCCCCCCC(CCCCCCOc3ccc(C(F)(F)Oc4ccc(C)c(F)c4F)c(F)c3F)C(F)=C(F)F)c(F)c2F)c(F)c1F. The van der Waals surface area contributed by atoms with Crippen molar-refractivity contribution >= 4 is 0 Å². The molecule has 4 aromatic rings. The molecule has 4 rings (SSSR count). The first-order valence-corrected chi connectivity index (χ1v) is 19.8. The minimum absolute atomic E-state index is 0.0275. The fraction of sp³-hybridized carbons (Fsp3) is 0.409. The second kappa shape index (κ2) is 23.0. The van der Waals surface area contributed by atoms with E-state index >= 15 is 0 Å². The smallest absolute Gasteiger partial charge is 0.429 e. The van der Waals surface area contributed by atoms with Crippen molar-refractivity contribution in [2.45, 2.75) is 90.3 Å². The Bertz CT molecular complexity index is 2230. The molecule has 1 atom stereocenters. The topological polar surface area (TPSA) is 46.2 Å². The zero-order valence-corrected chi connectivity index (χ0v) is 34.1. The lowest BCUT2D eigenvalue weighted by atomic mass is 9.93. The van der Waals surface area contributed by atoms with Gasteiger partial charge in [-0.1, -0.05) is 44.6 Å². The molecule has 0 amide bonds. The molecule has 0 radical (unpaired) electrons. The number of halogens is 15. The van der Waals surface area contributed by atoms with E-state index in [2.05, 4.69) is 9.47 Å². The van der Waals surface area contributed by atoms with Gasteiger partial charge < -0.3 is 23.7 Å². The molecule has 0 saturated heterocycles. The van der Waals surface area contributed by atoms with Gasteiger partial charge in [0.05, 0.1) is 19.8 Å². The summed E-state index contributed by atoms with van der Waals surface area (Å²) >= 11 is 0. The summed E-state index contributed by atoms with van der Waals surface area (Å²) in [5, 5.41) is 0. The molecular weight excluding hydrogens is 893 g/mol. The maximum atomic E-state index is 14.7. The first kappa shape index (κ1) is 51.2. The maximum absolute atomic E-state index is 14.7. The van der Waals surface area contributed by atoms with E-state index in [-0.39, 0.29) is 63.9 Å². The third kappa shape index (κ3) is 13.1. The third-order valence-corrected chi connectivity index (χ3v) is 9.70. The van der Waals surface area contributed by atoms with Gasteiger partial charge in [-0.3, -0.25) is 0 Å². The molecule has 64 heavy (non-hydrogen) atoms. The Morgan fingerprint density at radius 3 is 1.27 bits per heavy atom. The van der Waals surface area contributed by atoms with Gasteiger partial charge in [-0.15, -0.1) is 0 Å². The molecule has 0 aliphatic heterocycles. The van der Waals surface area contributed by atoms with Crippen LogP contribution in [0.5, 0.6) is 28.7 Å². The van der Waals surface area contributed by atoms with Crippen molar-refractivity contribution in [3.8, 4) is 28.7 Å². The van der Waals surface area contributed by atoms with Crippen molar-refractivity contribution in [2.24, 2.45) is 5.92 Å². The van der Waals surface area contributed by atoms with Crippen LogP contribution < -0.4 is 23.7 Å². The van der Waals surface area contributed by atoms with Crippen LogP contribution in [-0.2, 0) is 12.2 Å². The quantitative estimate of drug-likeness (QED) is 0.0489. The predicted molar refractivity (Wildman–Crippen MR) is 201 cm³/mol. The lowest BCUT2D eigenvalue weighted by Crippen LogP contribution is -2.25. The average molecular weight is 935 g/mol. The number of rotatable bonds is 25. The number of benzene rings is 4. The molecule has 0 fully saturated rings. The van der Waals surface area contributed by atoms with Crippen molar-refractivity contribution in [1.29, 1.82) is 0 Å². The Hall–Kier alpha value is -5.43. The molecule has 5 nitrogen and oxygen atoms in total. The van der Waals surface area contributed by atoms with E-state index in [1.807, 2.05) is 0 Å². The first-order chi connectivity index (χ1) is 30.2. The summed E-state index contributed by atoms with van der Waals surface area (Å²) in [4.78, 5) is 0. The van der Waals surface area contributed by atoms with Crippen molar-refractivity contribution in [1.82, 2.24) is 0 Å². The molecule has 352 valence electrons. The van der Waals surface area contributed by atoms with Crippen LogP contribution in [0.4, 0.5) is 65.9 Å². The van der Waals surface area contributed by atoms with E-state index in [1.54, 1.807) is 0 Å². The number of hydrogen-bond acceptors (Lipinski definition) is 5. The molecule has 4 aromatic carbocycles. The summed E-state index contributed by atoms with van der Waals surface area (Å²) in [6, 6.07) is 5.37. The molecule has 0 aliphatic carbocycles. The van der Waals surface area contributed by atoms with Gasteiger partial charge in [-0.05, 0) is 87.6 Å². The number of hydrogen-bond donors (Lipinski definition) is 0. The van der Waals surface area contributed by atoms with E-state index in [0.717, 1.165) is 12.1 Å². The first-order valence-electron chi connectivity index (χ1n) is 19.8. The Kier molecular flexibility index (Phi) is 18.4. The van der Waals surface area contributed by atoms with Crippen molar-refractivity contribution in [2.75, 3.05) is 19.8 Å². The van der Waals surface area contributed by atoms with Gasteiger partial charge in [0.1, 0.15) is 11.1 Å². The normalized spacial score (nSPS) is 12.3. The molecule has 0 aliphatic rings. The minimum atomic E-state index is -4.65. The van der Waals surface area contributed by atoms with Crippen LogP contribution in [0.3, 0.4) is 0 Å². The van der Waals surface area contributed by atoms with Gasteiger partial charge in [-0.2, -0.15) is 48.3 Å². The Morgan fingerprint density at radius 1 is 0.453 bits per heavy atom. The number of ether oxygens (including phenoxy) is 5. The Morgan fingerprint density at radius 2 is 0.812 bits per heavy atom. The highest BCUT2D eigenvalue weighted by atomic mass is 19.3. The fourth-order valence-corrected chi connectivity index (χ4v) is 6.30. The highest BCUT2D eigenvalue weighted by molar-refractivity contribution is 5.38. The van der Waals surface area contributed by atoms with Gasteiger partial charge in [0, 0.05) is 5.92 Å². The highest BCUT2D eigenvalue weighted by Crippen LogP contribution is 2.40. The Balaban J connectivity index is 1.16. The largest absolute Gasteiger partial charge is 0.491 e. The Labute approximate surface area is 357 Å². The van der Waals surface area contributed by atoms with Crippen LogP contribution in [0.1, 0.15) is 87.8 Å². The average Bonchev–Trinajstić information content (AvgIpc) is 3.24. The summed E-state index contributed by atoms with van der Waals surface area (Å²) < 4.78 is 238. The number of alkyl halides is 4. The molecule has 0 bridgehead atoms. The molecule has 20 heteroatoms. The van der Waals surface area contributed by atoms with E-state index in [0.29, 0.717) is 62.1 Å². The zero-order valence-electron chi connectivity index (χ0n) is 34.1. The molecule has 0 saturated carbocycles. The van der Waals surface area contributed by atoms with Crippen molar-refractivity contribution in [3.05, 3.63) is 124 Å². The summed E-state index contributed by atoms with van der Waals surface area (Å²) in [6.07, 6.45) is -9.17. The summed E-state index contributed by atoms with van der Waals surface area (Å²) in [6.45, 7) is 2.13. The lowest BCUT2D eigenvalue weighted by molar-refractivity contribution is -0.190. The van der Waals surface area contributed by atoms with Gasteiger partial charge in [0.2, 0.25) is 29.1 Å². The van der Waals surface area contributed by atoms with E-state index < -0.39 is 116 Å². The molecule has 0 heterocycles. The van der Waals surface area contributed by atoms with E-state index in [9.17, 15) is 65.9 Å². The van der Waals surface area contributed by atoms with Crippen LogP contribution in [0.15, 0.2) is 60.4 Å². The summed E-state index contributed by atoms with van der Waals surface area (Å²) in [5.41, 5.74) is -3.44. The lowest BCUT2D eigenvalue weighted by Gasteiger charge is -2.20.